The highest BCUT2D eigenvalue weighted by molar-refractivity contribution is 6.06. The number of hydrogen-bond acceptors (Lipinski definition) is 5. The van der Waals surface area contributed by atoms with Crippen LogP contribution in [-0.2, 0) is 0 Å². The van der Waals surface area contributed by atoms with E-state index in [9.17, 15) is 4.79 Å². The number of anilines is 1. The van der Waals surface area contributed by atoms with Crippen LogP contribution in [0, 0.1) is 6.92 Å². The number of hydrogen-bond donors (Lipinski definition) is 0. The van der Waals surface area contributed by atoms with E-state index in [2.05, 4.69) is 10.1 Å². The molecule has 34 heavy (non-hydrogen) atoms. The van der Waals surface area contributed by atoms with Crippen molar-refractivity contribution >= 4 is 11.9 Å². The number of carbonyl (C=O) groups excluding carboxylic acids is 1. The van der Waals surface area contributed by atoms with Crippen molar-refractivity contribution in [2.45, 2.75) is 25.4 Å². The van der Waals surface area contributed by atoms with Gasteiger partial charge in [0.05, 0.1) is 26.3 Å². The van der Waals surface area contributed by atoms with Crippen LogP contribution in [0.2, 0.25) is 0 Å². The van der Waals surface area contributed by atoms with Crippen LogP contribution in [0.1, 0.15) is 45.6 Å². The minimum absolute atomic E-state index is 0.0860. The van der Waals surface area contributed by atoms with Crippen LogP contribution in [0.5, 0.6) is 11.5 Å². The summed E-state index contributed by atoms with van der Waals surface area (Å²) in [6, 6.07) is 23.1. The summed E-state index contributed by atoms with van der Waals surface area (Å²) in [7, 11) is 3.30. The molecular formula is C27H26N4O3. The maximum atomic E-state index is 13.8. The lowest BCUT2D eigenvalue weighted by Crippen LogP contribution is -2.42. The first-order valence-corrected chi connectivity index (χ1v) is 11.2. The lowest BCUT2D eigenvalue weighted by molar-refractivity contribution is 0.0963. The van der Waals surface area contributed by atoms with Crippen molar-refractivity contribution in [3.05, 3.63) is 101 Å². The zero-order valence-electron chi connectivity index (χ0n) is 19.4. The van der Waals surface area contributed by atoms with E-state index in [0.717, 1.165) is 28.2 Å². The quantitative estimate of drug-likeness (QED) is 0.425. The average Bonchev–Trinajstić information content (AvgIpc) is 3.37. The molecule has 0 unspecified atom stereocenters. The Hall–Kier alpha value is -4.13. The van der Waals surface area contributed by atoms with Crippen molar-refractivity contribution in [2.24, 2.45) is 0 Å². The first-order chi connectivity index (χ1) is 16.6. The standard InChI is InChI=1S/C27H26N4O3/c1-18-5-4-6-21(15-18)26(32)30-24(19-7-11-22(33-2)12-8-19)16-25(31-27(30)28-17-29-31)20-9-13-23(34-3)14-10-20/h4-15,17,24-25H,16H2,1-3H3/t24-,25-/m1/s1. The van der Waals surface area contributed by atoms with Gasteiger partial charge in [-0.3, -0.25) is 9.69 Å². The number of aryl methyl sites for hydroxylation is 1. The van der Waals surface area contributed by atoms with Crippen LogP contribution in [0.15, 0.2) is 79.1 Å². The molecule has 4 aromatic rings. The molecule has 3 aromatic carbocycles. The van der Waals surface area contributed by atoms with Crippen molar-refractivity contribution in [1.82, 2.24) is 14.8 Å². The van der Waals surface area contributed by atoms with Gasteiger partial charge in [0, 0.05) is 5.56 Å². The number of nitrogens with zero attached hydrogens (tertiary/aromatic N) is 4. The third kappa shape index (κ3) is 3.90. The third-order valence-corrected chi connectivity index (χ3v) is 6.31. The number of ether oxygens (including phenoxy) is 2. The van der Waals surface area contributed by atoms with E-state index in [0.29, 0.717) is 17.9 Å². The smallest absolute Gasteiger partial charge is 0.261 e. The number of methoxy groups -OCH3 is 2. The van der Waals surface area contributed by atoms with Crippen molar-refractivity contribution in [3.8, 4) is 11.5 Å². The van der Waals surface area contributed by atoms with Crippen LogP contribution < -0.4 is 14.4 Å². The zero-order chi connectivity index (χ0) is 23.7. The van der Waals surface area contributed by atoms with Crippen LogP contribution in [-0.4, -0.2) is 34.9 Å². The molecule has 0 saturated carbocycles. The van der Waals surface area contributed by atoms with Crippen LogP contribution in [0.3, 0.4) is 0 Å². The number of amides is 1. The molecule has 0 spiro atoms. The Labute approximate surface area is 198 Å². The molecule has 0 N–H and O–H groups in total. The molecule has 1 aliphatic rings. The second-order valence-corrected chi connectivity index (χ2v) is 8.36. The van der Waals surface area contributed by atoms with Crippen LogP contribution >= 0.6 is 0 Å². The summed E-state index contributed by atoms with van der Waals surface area (Å²) < 4.78 is 12.5. The Kier molecular flexibility index (Phi) is 5.76. The summed E-state index contributed by atoms with van der Waals surface area (Å²) in [5, 5.41) is 4.52. The fourth-order valence-electron chi connectivity index (χ4n) is 4.56. The predicted molar refractivity (Wildman–Crippen MR) is 129 cm³/mol. The highest BCUT2D eigenvalue weighted by atomic mass is 16.5. The Balaban J connectivity index is 1.62. The monoisotopic (exact) mass is 454 g/mol. The van der Waals surface area contributed by atoms with Gasteiger partial charge in [-0.15, -0.1) is 0 Å². The molecule has 0 fully saturated rings. The first kappa shape index (κ1) is 21.7. The zero-order valence-corrected chi connectivity index (χ0v) is 19.4. The molecule has 5 rings (SSSR count). The molecule has 0 radical (unpaired) electrons. The number of fused-ring (bicyclic) bond motifs is 1. The summed E-state index contributed by atoms with van der Waals surface area (Å²) in [6.07, 6.45) is 2.16. The average molecular weight is 455 g/mol. The van der Waals surface area contributed by atoms with E-state index < -0.39 is 0 Å². The Morgan fingerprint density at radius 1 is 0.882 bits per heavy atom. The molecule has 7 nitrogen and oxygen atoms in total. The molecule has 1 amide bonds. The number of rotatable bonds is 5. The second-order valence-electron chi connectivity index (χ2n) is 8.36. The molecule has 0 bridgehead atoms. The van der Waals surface area contributed by atoms with E-state index in [1.807, 2.05) is 84.4 Å². The molecule has 172 valence electrons. The SMILES string of the molecule is COc1ccc([C@H]2C[C@H](c3ccc(OC)cc3)n3ncnc3N2C(=O)c2cccc(C)c2)cc1. The molecule has 7 heteroatoms. The lowest BCUT2D eigenvalue weighted by atomic mass is 9.91. The number of carbonyl (C=O) groups is 1. The van der Waals surface area contributed by atoms with Crippen molar-refractivity contribution < 1.29 is 14.3 Å². The highest BCUT2D eigenvalue weighted by Gasteiger charge is 2.39. The number of benzene rings is 3. The van der Waals surface area contributed by atoms with E-state index in [4.69, 9.17) is 9.47 Å². The summed E-state index contributed by atoms with van der Waals surface area (Å²) in [5.74, 6) is 1.98. The van der Waals surface area contributed by atoms with E-state index in [1.54, 1.807) is 19.1 Å². The van der Waals surface area contributed by atoms with Crippen molar-refractivity contribution in [1.29, 1.82) is 0 Å². The Morgan fingerprint density at radius 3 is 2.09 bits per heavy atom. The van der Waals surface area contributed by atoms with Crippen molar-refractivity contribution in [3.63, 3.8) is 0 Å². The van der Waals surface area contributed by atoms with E-state index in [1.165, 1.54) is 6.33 Å². The maximum absolute atomic E-state index is 13.8. The highest BCUT2D eigenvalue weighted by Crippen LogP contribution is 2.43. The summed E-state index contributed by atoms with van der Waals surface area (Å²) in [5.41, 5.74) is 3.74. The van der Waals surface area contributed by atoms with Gasteiger partial charge >= 0.3 is 0 Å². The summed E-state index contributed by atoms with van der Waals surface area (Å²) >= 11 is 0. The van der Waals surface area contributed by atoms with Gasteiger partial charge < -0.3 is 9.47 Å². The molecule has 1 aliphatic heterocycles. The summed E-state index contributed by atoms with van der Waals surface area (Å²) in [4.78, 5) is 20.2. The minimum Gasteiger partial charge on any atom is -0.497 e. The fraction of sp³-hybridized carbons (Fsp3) is 0.222. The normalized spacial score (nSPS) is 17.2. The molecular weight excluding hydrogens is 428 g/mol. The molecule has 1 aromatic heterocycles. The Morgan fingerprint density at radius 2 is 1.50 bits per heavy atom. The number of aromatic nitrogens is 3. The van der Waals surface area contributed by atoms with Gasteiger partial charge in [-0.05, 0) is 60.9 Å². The molecule has 2 atom stereocenters. The molecule has 0 aliphatic carbocycles. The second kappa shape index (κ2) is 9.02. The van der Waals surface area contributed by atoms with Gasteiger partial charge in [0.2, 0.25) is 5.95 Å². The van der Waals surface area contributed by atoms with Crippen LogP contribution in [0.4, 0.5) is 5.95 Å². The Bertz CT molecular complexity index is 1300. The third-order valence-electron chi connectivity index (χ3n) is 6.31. The molecule has 2 heterocycles. The van der Waals surface area contributed by atoms with Crippen molar-refractivity contribution in [2.75, 3.05) is 19.1 Å². The topological polar surface area (TPSA) is 69.5 Å². The molecule has 0 saturated heterocycles. The summed E-state index contributed by atoms with van der Waals surface area (Å²) in [6.45, 7) is 1.98. The first-order valence-electron chi connectivity index (χ1n) is 11.2. The van der Waals surface area contributed by atoms with E-state index in [-0.39, 0.29) is 18.0 Å². The maximum Gasteiger partial charge on any atom is 0.261 e. The van der Waals surface area contributed by atoms with Gasteiger partial charge in [-0.2, -0.15) is 10.1 Å². The lowest BCUT2D eigenvalue weighted by Gasteiger charge is -2.39. The van der Waals surface area contributed by atoms with Crippen LogP contribution in [0.25, 0.3) is 0 Å². The predicted octanol–water partition coefficient (Wildman–Crippen LogP) is 4.98. The van der Waals surface area contributed by atoms with Gasteiger partial charge in [0.15, 0.2) is 0 Å². The fourth-order valence-corrected chi connectivity index (χ4v) is 4.56. The van der Waals surface area contributed by atoms with Gasteiger partial charge in [0.25, 0.3) is 5.91 Å². The van der Waals surface area contributed by atoms with Gasteiger partial charge in [0.1, 0.15) is 17.8 Å². The van der Waals surface area contributed by atoms with Gasteiger partial charge in [-0.25, -0.2) is 4.68 Å². The minimum atomic E-state index is -0.234. The largest absolute Gasteiger partial charge is 0.497 e. The van der Waals surface area contributed by atoms with E-state index >= 15 is 0 Å². The van der Waals surface area contributed by atoms with Gasteiger partial charge in [-0.1, -0.05) is 42.0 Å².